The van der Waals surface area contributed by atoms with E-state index in [-0.39, 0.29) is 5.88 Å². The Morgan fingerprint density at radius 1 is 1.40 bits per heavy atom. The fraction of sp³-hybridized carbons (Fsp3) is 0.833. The first-order valence-corrected chi connectivity index (χ1v) is 4.38. The molecule has 0 unspecified atom stereocenters. The number of alkyl halides is 1. The maximum atomic E-state index is 11.0. The minimum absolute atomic E-state index is 0.373. The zero-order valence-electron chi connectivity index (χ0n) is 8.18. The number of halogens is 1. The number of amides is 1. The number of rotatable bonds is 5. The number of hydrogen-bond donors (Lipinski definition) is 0. The number of nitrogens with zero attached hydrogens (tertiary/aromatic N) is 3. The number of likely N-dealkylation sites (N-methyl/N-ethyl adjacent to an activating group) is 1. The standard InChI is InChI=1S/C6H10ClN3O5/c1-6(9(12)13,10(14)15)4-8(2)5(11)3-7/h3-4H2,1-2H3. The third-order valence-electron chi connectivity index (χ3n) is 1.86. The van der Waals surface area contributed by atoms with Crippen LogP contribution in [-0.2, 0) is 4.79 Å². The molecule has 0 saturated heterocycles. The second kappa shape index (κ2) is 4.87. The van der Waals surface area contributed by atoms with Crippen molar-refractivity contribution >= 4 is 17.5 Å². The average molecular weight is 240 g/mol. The second-order valence-electron chi connectivity index (χ2n) is 3.11. The quantitative estimate of drug-likeness (QED) is 0.289. The largest absolute Gasteiger partial charge is 0.472 e. The molecule has 9 heteroatoms. The Balaban J connectivity index is 4.78. The fourth-order valence-electron chi connectivity index (χ4n) is 0.822. The van der Waals surface area contributed by atoms with Gasteiger partial charge in [0, 0.05) is 7.05 Å². The van der Waals surface area contributed by atoms with Gasteiger partial charge >= 0.3 is 5.66 Å². The molecule has 0 aromatic heterocycles. The lowest BCUT2D eigenvalue weighted by molar-refractivity contribution is -0.790. The molecule has 86 valence electrons. The average Bonchev–Trinajstić information content (AvgIpc) is 2.15. The first-order chi connectivity index (χ1) is 6.75. The van der Waals surface area contributed by atoms with E-state index in [0.717, 1.165) is 11.8 Å². The van der Waals surface area contributed by atoms with Crippen LogP contribution in [0.3, 0.4) is 0 Å². The summed E-state index contributed by atoms with van der Waals surface area (Å²) < 4.78 is 0. The molecule has 0 heterocycles. The molecule has 0 N–H and O–H groups in total. The molecule has 0 atom stereocenters. The molecule has 0 fully saturated rings. The van der Waals surface area contributed by atoms with Crippen LogP contribution in [0.4, 0.5) is 0 Å². The number of carbonyl (C=O) groups is 1. The molecule has 0 rings (SSSR count). The van der Waals surface area contributed by atoms with E-state index >= 15 is 0 Å². The van der Waals surface area contributed by atoms with Crippen molar-refractivity contribution in [2.75, 3.05) is 19.5 Å². The zero-order valence-corrected chi connectivity index (χ0v) is 8.93. The van der Waals surface area contributed by atoms with Gasteiger partial charge in [0.05, 0.1) is 6.92 Å². The Hall–Kier alpha value is -1.44. The zero-order chi connectivity index (χ0) is 12.2. The van der Waals surface area contributed by atoms with Crippen molar-refractivity contribution in [3.63, 3.8) is 0 Å². The van der Waals surface area contributed by atoms with Crippen LogP contribution in [-0.4, -0.2) is 45.8 Å². The Bertz CT molecular complexity index is 280. The van der Waals surface area contributed by atoms with E-state index in [1.807, 2.05) is 0 Å². The van der Waals surface area contributed by atoms with Crippen molar-refractivity contribution in [3.05, 3.63) is 20.2 Å². The van der Waals surface area contributed by atoms with E-state index in [1.54, 1.807) is 0 Å². The summed E-state index contributed by atoms with van der Waals surface area (Å²) in [5, 5.41) is 21.0. The van der Waals surface area contributed by atoms with Crippen LogP contribution in [0.25, 0.3) is 0 Å². The summed E-state index contributed by atoms with van der Waals surface area (Å²) in [6.45, 7) is 0.212. The molecule has 1 amide bonds. The molecule has 0 aromatic carbocycles. The predicted molar refractivity (Wildman–Crippen MR) is 50.8 cm³/mol. The molecular weight excluding hydrogens is 230 g/mol. The summed E-state index contributed by atoms with van der Waals surface area (Å²) >= 11 is 5.20. The van der Waals surface area contributed by atoms with E-state index in [9.17, 15) is 25.0 Å². The van der Waals surface area contributed by atoms with Gasteiger partial charge in [0.1, 0.15) is 15.7 Å². The van der Waals surface area contributed by atoms with Crippen LogP contribution >= 0.6 is 11.6 Å². The van der Waals surface area contributed by atoms with Gasteiger partial charge in [-0.15, -0.1) is 11.6 Å². The minimum Gasteiger partial charge on any atom is -0.331 e. The Kier molecular flexibility index (Phi) is 4.40. The van der Waals surface area contributed by atoms with E-state index < -0.39 is 28.0 Å². The van der Waals surface area contributed by atoms with Gasteiger partial charge in [-0.2, -0.15) is 0 Å². The maximum Gasteiger partial charge on any atom is 0.472 e. The Morgan fingerprint density at radius 3 is 2.07 bits per heavy atom. The molecule has 0 aliphatic carbocycles. The van der Waals surface area contributed by atoms with E-state index in [4.69, 9.17) is 11.6 Å². The van der Waals surface area contributed by atoms with Crippen LogP contribution in [0.2, 0.25) is 0 Å². The highest BCUT2D eigenvalue weighted by atomic mass is 35.5. The lowest BCUT2D eigenvalue weighted by atomic mass is 10.2. The normalized spacial score (nSPS) is 10.9. The Labute approximate surface area is 90.1 Å². The first-order valence-electron chi connectivity index (χ1n) is 3.84. The van der Waals surface area contributed by atoms with E-state index in [0.29, 0.717) is 0 Å². The van der Waals surface area contributed by atoms with Gasteiger partial charge < -0.3 is 4.90 Å². The molecule has 0 aromatic rings. The van der Waals surface area contributed by atoms with Gasteiger partial charge in [-0.3, -0.25) is 25.0 Å². The third kappa shape index (κ3) is 3.01. The molecule has 0 radical (unpaired) electrons. The molecule has 8 nitrogen and oxygen atoms in total. The summed E-state index contributed by atoms with van der Waals surface area (Å²) in [6.07, 6.45) is 0. The molecule has 0 aliphatic heterocycles. The first kappa shape index (κ1) is 13.6. The van der Waals surface area contributed by atoms with Crippen LogP contribution in [0.15, 0.2) is 0 Å². The lowest BCUT2D eigenvalue weighted by Crippen LogP contribution is -2.52. The summed E-state index contributed by atoms with van der Waals surface area (Å²) in [4.78, 5) is 30.8. The molecule has 0 spiro atoms. The third-order valence-corrected chi connectivity index (χ3v) is 2.09. The van der Waals surface area contributed by atoms with Crippen molar-refractivity contribution in [2.24, 2.45) is 0 Å². The van der Waals surface area contributed by atoms with Gasteiger partial charge in [0.25, 0.3) is 0 Å². The summed E-state index contributed by atoms with van der Waals surface area (Å²) in [7, 11) is 1.22. The molecular formula is C6H10ClN3O5. The van der Waals surface area contributed by atoms with Crippen molar-refractivity contribution < 1.29 is 14.6 Å². The van der Waals surface area contributed by atoms with Gasteiger partial charge in [-0.25, -0.2) is 0 Å². The summed E-state index contributed by atoms with van der Waals surface area (Å²) in [6, 6.07) is 0. The van der Waals surface area contributed by atoms with Gasteiger partial charge in [-0.1, -0.05) is 0 Å². The van der Waals surface area contributed by atoms with Crippen LogP contribution in [0, 0.1) is 20.2 Å². The maximum absolute atomic E-state index is 11.0. The fourth-order valence-corrected chi connectivity index (χ4v) is 1.03. The second-order valence-corrected chi connectivity index (χ2v) is 3.38. The number of hydrogen-bond acceptors (Lipinski definition) is 5. The van der Waals surface area contributed by atoms with Crippen molar-refractivity contribution in [1.82, 2.24) is 4.90 Å². The van der Waals surface area contributed by atoms with Crippen LogP contribution in [0.1, 0.15) is 6.92 Å². The lowest BCUT2D eigenvalue weighted by Gasteiger charge is -2.19. The number of carbonyl (C=O) groups excluding carboxylic acids is 1. The highest BCUT2D eigenvalue weighted by Crippen LogP contribution is 2.11. The van der Waals surface area contributed by atoms with Gasteiger partial charge in [-0.05, 0) is 0 Å². The number of nitro groups is 2. The monoisotopic (exact) mass is 239 g/mol. The van der Waals surface area contributed by atoms with Crippen molar-refractivity contribution in [2.45, 2.75) is 12.6 Å². The highest BCUT2D eigenvalue weighted by Gasteiger charge is 2.52. The molecule has 0 bridgehead atoms. The molecule has 0 aliphatic rings. The molecule has 0 saturated carbocycles. The highest BCUT2D eigenvalue weighted by molar-refractivity contribution is 6.27. The van der Waals surface area contributed by atoms with E-state index in [1.165, 1.54) is 7.05 Å². The van der Waals surface area contributed by atoms with Crippen molar-refractivity contribution in [1.29, 1.82) is 0 Å². The summed E-state index contributed by atoms with van der Waals surface area (Å²) in [5.41, 5.74) is -2.41. The smallest absolute Gasteiger partial charge is 0.331 e. The topological polar surface area (TPSA) is 107 Å². The van der Waals surface area contributed by atoms with E-state index in [2.05, 4.69) is 0 Å². The van der Waals surface area contributed by atoms with Crippen LogP contribution < -0.4 is 0 Å². The SMILES string of the molecule is CN(CC(C)([N+](=O)[O-])[N+](=O)[O-])C(=O)CCl. The Morgan fingerprint density at radius 2 is 1.80 bits per heavy atom. The van der Waals surface area contributed by atoms with Crippen molar-refractivity contribution in [3.8, 4) is 0 Å². The molecule has 15 heavy (non-hydrogen) atoms. The summed E-state index contributed by atoms with van der Waals surface area (Å²) in [5.74, 6) is -0.978. The van der Waals surface area contributed by atoms with Gasteiger partial charge in [0.2, 0.25) is 5.91 Å². The predicted octanol–water partition coefficient (Wildman–Crippen LogP) is -0.0468. The van der Waals surface area contributed by atoms with Crippen LogP contribution in [0.5, 0.6) is 0 Å². The minimum atomic E-state index is -2.41. The van der Waals surface area contributed by atoms with Gasteiger partial charge in [0.15, 0.2) is 6.54 Å².